The summed E-state index contributed by atoms with van der Waals surface area (Å²) in [5, 5.41) is 9.99. The highest BCUT2D eigenvalue weighted by molar-refractivity contribution is 5.76. The van der Waals surface area contributed by atoms with Gasteiger partial charge in [-0.2, -0.15) is 0 Å². The lowest BCUT2D eigenvalue weighted by Crippen LogP contribution is -2.39. The van der Waals surface area contributed by atoms with Crippen LogP contribution in [0.15, 0.2) is 24.4 Å². The van der Waals surface area contributed by atoms with Gasteiger partial charge in [-0.1, -0.05) is 6.07 Å². The summed E-state index contributed by atoms with van der Waals surface area (Å²) in [4.78, 5) is 16.3. The molecular formula is C18H28N4O. The minimum absolute atomic E-state index is 0.231. The first kappa shape index (κ1) is 16.2. The van der Waals surface area contributed by atoms with Crippen LogP contribution in [-0.4, -0.2) is 36.1 Å². The normalized spacial score (nSPS) is 26.0. The van der Waals surface area contributed by atoms with Gasteiger partial charge in [-0.3, -0.25) is 4.79 Å². The molecule has 2 bridgehead atoms. The van der Waals surface area contributed by atoms with E-state index in [0.717, 1.165) is 31.7 Å². The Balaban J connectivity index is 1.22. The molecular weight excluding hydrogens is 288 g/mol. The third-order valence-corrected chi connectivity index (χ3v) is 4.94. The molecule has 23 heavy (non-hydrogen) atoms. The molecule has 0 radical (unpaired) electrons. The molecule has 2 saturated heterocycles. The molecule has 5 heteroatoms. The summed E-state index contributed by atoms with van der Waals surface area (Å²) >= 11 is 0. The zero-order valence-electron chi connectivity index (χ0n) is 13.8. The van der Waals surface area contributed by atoms with E-state index in [-0.39, 0.29) is 5.91 Å². The fourth-order valence-electron chi connectivity index (χ4n) is 3.84. The summed E-state index contributed by atoms with van der Waals surface area (Å²) in [7, 11) is 0. The van der Waals surface area contributed by atoms with E-state index < -0.39 is 0 Å². The van der Waals surface area contributed by atoms with Crippen molar-refractivity contribution < 1.29 is 4.79 Å². The van der Waals surface area contributed by atoms with E-state index in [1.807, 2.05) is 18.2 Å². The Morgan fingerprint density at radius 2 is 1.96 bits per heavy atom. The Morgan fingerprint density at radius 1 is 1.17 bits per heavy atom. The van der Waals surface area contributed by atoms with Gasteiger partial charge in [-0.25, -0.2) is 4.98 Å². The lowest BCUT2D eigenvalue weighted by molar-refractivity contribution is -0.122. The summed E-state index contributed by atoms with van der Waals surface area (Å²) in [5.41, 5.74) is 0. The molecule has 2 fully saturated rings. The minimum Gasteiger partial charge on any atom is -0.370 e. The Hall–Kier alpha value is -1.62. The highest BCUT2D eigenvalue weighted by Crippen LogP contribution is 2.32. The van der Waals surface area contributed by atoms with Crippen molar-refractivity contribution in [2.24, 2.45) is 5.92 Å². The molecule has 1 aromatic rings. The lowest BCUT2D eigenvalue weighted by atomic mass is 9.89. The molecule has 0 aromatic carbocycles. The number of rotatable bonds is 8. The third kappa shape index (κ3) is 5.20. The van der Waals surface area contributed by atoms with Gasteiger partial charge in [0.2, 0.25) is 5.91 Å². The van der Waals surface area contributed by atoms with Gasteiger partial charge in [0, 0.05) is 37.8 Å². The number of hydrogen-bond donors (Lipinski definition) is 3. The molecule has 2 atom stereocenters. The van der Waals surface area contributed by atoms with Crippen LogP contribution in [0.1, 0.15) is 44.9 Å². The molecule has 3 heterocycles. The number of fused-ring (bicyclic) bond motifs is 2. The van der Waals surface area contributed by atoms with Crippen molar-refractivity contribution in [3.8, 4) is 0 Å². The van der Waals surface area contributed by atoms with Gasteiger partial charge < -0.3 is 16.0 Å². The largest absolute Gasteiger partial charge is 0.370 e. The SMILES string of the molecule is O=C(CC1CC2CCC(C1)N2)NCCCCNc1ccccn1. The lowest BCUT2D eigenvalue weighted by Gasteiger charge is -2.28. The number of carbonyl (C=O) groups excluding carboxylic acids is 1. The van der Waals surface area contributed by atoms with Crippen LogP contribution in [0.25, 0.3) is 0 Å². The minimum atomic E-state index is 0.231. The molecule has 126 valence electrons. The van der Waals surface area contributed by atoms with E-state index in [1.165, 1.54) is 25.7 Å². The van der Waals surface area contributed by atoms with Crippen LogP contribution in [0.5, 0.6) is 0 Å². The van der Waals surface area contributed by atoms with Crippen LogP contribution in [0.3, 0.4) is 0 Å². The van der Waals surface area contributed by atoms with Crippen LogP contribution in [0.4, 0.5) is 5.82 Å². The summed E-state index contributed by atoms with van der Waals surface area (Å²) < 4.78 is 0. The standard InChI is InChI=1S/C18H28N4O/c23-18(13-14-11-15-6-7-16(12-14)22-15)21-10-4-3-9-20-17-5-1-2-8-19-17/h1-2,5,8,14-16,22H,3-4,6-7,9-13H2,(H,19,20)(H,21,23). The summed E-state index contributed by atoms with van der Waals surface area (Å²) in [6.07, 6.45) is 9.49. The van der Waals surface area contributed by atoms with Crippen LogP contribution in [-0.2, 0) is 4.79 Å². The molecule has 3 rings (SSSR count). The first-order valence-corrected chi connectivity index (χ1v) is 8.97. The maximum atomic E-state index is 12.0. The Kier molecular flexibility index (Phi) is 5.86. The van der Waals surface area contributed by atoms with Crippen molar-refractivity contribution in [1.82, 2.24) is 15.6 Å². The summed E-state index contributed by atoms with van der Waals surface area (Å²) in [6, 6.07) is 7.19. The maximum absolute atomic E-state index is 12.0. The molecule has 3 N–H and O–H groups in total. The molecule has 0 spiro atoms. The smallest absolute Gasteiger partial charge is 0.220 e. The average molecular weight is 316 g/mol. The molecule has 0 saturated carbocycles. The van der Waals surface area contributed by atoms with Crippen LogP contribution in [0.2, 0.25) is 0 Å². The monoisotopic (exact) mass is 316 g/mol. The molecule has 5 nitrogen and oxygen atoms in total. The van der Waals surface area contributed by atoms with Crippen molar-refractivity contribution in [2.45, 2.75) is 57.0 Å². The van der Waals surface area contributed by atoms with Crippen molar-refractivity contribution in [2.75, 3.05) is 18.4 Å². The van der Waals surface area contributed by atoms with E-state index in [0.29, 0.717) is 24.4 Å². The average Bonchev–Trinajstić information content (AvgIpc) is 2.90. The van der Waals surface area contributed by atoms with Gasteiger partial charge in [-0.05, 0) is 56.6 Å². The Labute approximate surface area is 138 Å². The molecule has 2 unspecified atom stereocenters. The van der Waals surface area contributed by atoms with E-state index in [4.69, 9.17) is 0 Å². The number of amides is 1. The van der Waals surface area contributed by atoms with Crippen molar-refractivity contribution >= 4 is 11.7 Å². The van der Waals surface area contributed by atoms with E-state index >= 15 is 0 Å². The number of nitrogens with one attached hydrogen (secondary N) is 3. The fourth-order valence-corrected chi connectivity index (χ4v) is 3.84. The number of carbonyl (C=O) groups is 1. The number of hydrogen-bond acceptors (Lipinski definition) is 4. The number of aromatic nitrogens is 1. The van der Waals surface area contributed by atoms with Crippen LogP contribution >= 0.6 is 0 Å². The number of unbranched alkanes of at least 4 members (excludes halogenated alkanes) is 1. The van der Waals surface area contributed by atoms with E-state index in [2.05, 4.69) is 20.9 Å². The quantitative estimate of drug-likeness (QED) is 0.644. The van der Waals surface area contributed by atoms with Gasteiger partial charge >= 0.3 is 0 Å². The molecule has 2 aliphatic heterocycles. The predicted molar refractivity (Wildman–Crippen MR) is 92.3 cm³/mol. The molecule has 0 aliphatic carbocycles. The number of pyridine rings is 1. The second-order valence-electron chi connectivity index (χ2n) is 6.88. The van der Waals surface area contributed by atoms with Gasteiger partial charge in [0.15, 0.2) is 0 Å². The first-order chi connectivity index (χ1) is 11.3. The second kappa shape index (κ2) is 8.29. The van der Waals surface area contributed by atoms with Crippen LogP contribution in [0, 0.1) is 5.92 Å². The summed E-state index contributed by atoms with van der Waals surface area (Å²) in [6.45, 7) is 1.67. The van der Waals surface area contributed by atoms with Crippen molar-refractivity contribution in [3.63, 3.8) is 0 Å². The zero-order chi connectivity index (χ0) is 15.9. The molecule has 1 amide bonds. The molecule has 1 aromatic heterocycles. The molecule has 2 aliphatic rings. The third-order valence-electron chi connectivity index (χ3n) is 4.94. The fraction of sp³-hybridized carbons (Fsp3) is 0.667. The van der Waals surface area contributed by atoms with Crippen LogP contribution < -0.4 is 16.0 Å². The van der Waals surface area contributed by atoms with E-state index in [9.17, 15) is 4.79 Å². The summed E-state index contributed by atoms with van der Waals surface area (Å²) in [5.74, 6) is 1.73. The van der Waals surface area contributed by atoms with E-state index in [1.54, 1.807) is 6.20 Å². The second-order valence-corrected chi connectivity index (χ2v) is 6.88. The maximum Gasteiger partial charge on any atom is 0.220 e. The van der Waals surface area contributed by atoms with Gasteiger partial charge in [0.25, 0.3) is 0 Å². The zero-order valence-corrected chi connectivity index (χ0v) is 13.8. The van der Waals surface area contributed by atoms with Crippen molar-refractivity contribution in [3.05, 3.63) is 24.4 Å². The Bertz CT molecular complexity index is 481. The number of nitrogens with zero attached hydrogens (tertiary/aromatic N) is 1. The first-order valence-electron chi connectivity index (χ1n) is 8.97. The number of piperidine rings is 1. The highest BCUT2D eigenvalue weighted by Gasteiger charge is 2.33. The van der Waals surface area contributed by atoms with Crippen molar-refractivity contribution in [1.29, 1.82) is 0 Å². The highest BCUT2D eigenvalue weighted by atomic mass is 16.1. The number of anilines is 1. The Morgan fingerprint density at radius 3 is 2.70 bits per heavy atom. The topological polar surface area (TPSA) is 66.1 Å². The van der Waals surface area contributed by atoms with Gasteiger partial charge in [0.05, 0.1) is 0 Å². The van der Waals surface area contributed by atoms with Gasteiger partial charge in [0.1, 0.15) is 5.82 Å². The predicted octanol–water partition coefficient (Wildman–Crippen LogP) is 2.31. The van der Waals surface area contributed by atoms with Gasteiger partial charge in [-0.15, -0.1) is 0 Å².